The number of hydrogen-bond acceptors (Lipinski definition) is 6. The van der Waals surface area contributed by atoms with E-state index in [1.807, 2.05) is 36.6 Å². The van der Waals surface area contributed by atoms with E-state index in [9.17, 15) is 4.79 Å². The second-order valence-corrected chi connectivity index (χ2v) is 6.66. The Morgan fingerprint density at radius 3 is 2.70 bits per heavy atom. The van der Waals surface area contributed by atoms with Crippen LogP contribution in [0.4, 0.5) is 5.95 Å². The predicted molar refractivity (Wildman–Crippen MR) is 101 cm³/mol. The van der Waals surface area contributed by atoms with Crippen LogP contribution >= 0.6 is 0 Å². The largest absolute Gasteiger partial charge is 0.364 e. The normalized spacial score (nSPS) is 13.9. The van der Waals surface area contributed by atoms with Crippen LogP contribution in [0.25, 0.3) is 11.3 Å². The van der Waals surface area contributed by atoms with Crippen molar-refractivity contribution in [3.05, 3.63) is 53.5 Å². The van der Waals surface area contributed by atoms with Gasteiger partial charge in [-0.1, -0.05) is 0 Å². The van der Waals surface area contributed by atoms with Crippen molar-refractivity contribution >= 4 is 11.9 Å². The molecule has 1 aliphatic rings. The fourth-order valence-electron chi connectivity index (χ4n) is 3.35. The van der Waals surface area contributed by atoms with E-state index >= 15 is 0 Å². The first-order chi connectivity index (χ1) is 13.0. The Bertz CT molecular complexity index is 986. The highest BCUT2D eigenvalue weighted by atomic mass is 16.1. The molecule has 4 rings (SSSR count). The minimum atomic E-state index is -0.495. The number of anilines is 1. The monoisotopic (exact) mass is 363 g/mol. The van der Waals surface area contributed by atoms with Crippen LogP contribution in [0, 0.1) is 13.8 Å². The molecule has 0 unspecified atom stereocenters. The standard InChI is InChI=1S/C19H21N7O/c1-12-3-4-14(13(2)22-12)15-5-7-21-19(24-15)25-8-6-17-23-16(18(20)27)11-26(17)10-9-25/h3-5,7,11H,6,8-10H2,1-2H3,(H2,20,27). The van der Waals surface area contributed by atoms with Gasteiger partial charge in [0.25, 0.3) is 5.91 Å². The molecule has 0 aromatic carbocycles. The minimum absolute atomic E-state index is 0.319. The lowest BCUT2D eigenvalue weighted by Crippen LogP contribution is -2.28. The van der Waals surface area contributed by atoms with Gasteiger partial charge in [-0.3, -0.25) is 9.78 Å². The van der Waals surface area contributed by atoms with Gasteiger partial charge in [-0.05, 0) is 32.0 Å². The summed E-state index contributed by atoms with van der Waals surface area (Å²) in [4.78, 5) is 31.5. The summed E-state index contributed by atoms with van der Waals surface area (Å²) >= 11 is 0. The molecule has 3 aromatic heterocycles. The molecule has 27 heavy (non-hydrogen) atoms. The molecule has 0 aliphatic carbocycles. The zero-order valence-corrected chi connectivity index (χ0v) is 15.4. The van der Waals surface area contributed by atoms with Crippen LogP contribution in [-0.2, 0) is 13.0 Å². The predicted octanol–water partition coefficient (Wildman–Crippen LogP) is 1.51. The number of hydrogen-bond donors (Lipinski definition) is 1. The van der Waals surface area contributed by atoms with E-state index in [2.05, 4.69) is 19.9 Å². The number of imidazole rings is 1. The van der Waals surface area contributed by atoms with Crippen LogP contribution in [0.3, 0.4) is 0 Å². The summed E-state index contributed by atoms with van der Waals surface area (Å²) in [6, 6.07) is 5.95. The first kappa shape index (κ1) is 17.1. The number of fused-ring (bicyclic) bond motifs is 1. The van der Waals surface area contributed by atoms with Gasteiger partial charge in [0.05, 0.1) is 5.69 Å². The van der Waals surface area contributed by atoms with Crippen molar-refractivity contribution in [2.24, 2.45) is 5.73 Å². The van der Waals surface area contributed by atoms with E-state index in [1.54, 1.807) is 12.4 Å². The molecule has 0 atom stereocenters. The van der Waals surface area contributed by atoms with Gasteiger partial charge in [0.1, 0.15) is 11.5 Å². The van der Waals surface area contributed by atoms with E-state index in [4.69, 9.17) is 10.7 Å². The molecule has 1 amide bonds. The number of aromatic nitrogens is 5. The quantitative estimate of drug-likeness (QED) is 0.757. The molecule has 4 heterocycles. The fourth-order valence-corrected chi connectivity index (χ4v) is 3.35. The van der Waals surface area contributed by atoms with E-state index < -0.39 is 5.91 Å². The smallest absolute Gasteiger partial charge is 0.268 e. The Balaban J connectivity index is 1.57. The molecule has 0 radical (unpaired) electrons. The minimum Gasteiger partial charge on any atom is -0.364 e. The van der Waals surface area contributed by atoms with Crippen molar-refractivity contribution in [3.8, 4) is 11.3 Å². The Kier molecular flexibility index (Phi) is 4.31. The van der Waals surface area contributed by atoms with Crippen molar-refractivity contribution in [1.29, 1.82) is 0 Å². The highest BCUT2D eigenvalue weighted by Gasteiger charge is 2.20. The van der Waals surface area contributed by atoms with E-state index in [0.29, 0.717) is 24.6 Å². The Labute approximate surface area is 157 Å². The van der Waals surface area contributed by atoms with E-state index in [1.165, 1.54) is 0 Å². The second kappa shape index (κ2) is 6.79. The number of carbonyl (C=O) groups excluding carboxylic acids is 1. The lowest BCUT2D eigenvalue weighted by Gasteiger charge is -2.20. The van der Waals surface area contributed by atoms with Gasteiger partial charge in [-0.15, -0.1) is 0 Å². The molecule has 8 nitrogen and oxygen atoms in total. The van der Waals surface area contributed by atoms with E-state index in [0.717, 1.165) is 41.6 Å². The van der Waals surface area contributed by atoms with Gasteiger partial charge in [0.2, 0.25) is 5.95 Å². The number of nitrogens with zero attached hydrogens (tertiary/aromatic N) is 6. The molecule has 3 aromatic rings. The topological polar surface area (TPSA) is 103 Å². The van der Waals surface area contributed by atoms with Crippen molar-refractivity contribution in [1.82, 2.24) is 24.5 Å². The summed E-state index contributed by atoms with van der Waals surface area (Å²) in [7, 11) is 0. The van der Waals surface area contributed by atoms with Crippen LogP contribution < -0.4 is 10.6 Å². The van der Waals surface area contributed by atoms with Gasteiger partial charge < -0.3 is 15.2 Å². The average molecular weight is 363 g/mol. The summed E-state index contributed by atoms with van der Waals surface area (Å²) in [6.45, 7) is 6.13. The molecule has 138 valence electrons. The number of amides is 1. The van der Waals surface area contributed by atoms with Crippen molar-refractivity contribution in [2.75, 3.05) is 18.0 Å². The van der Waals surface area contributed by atoms with Gasteiger partial charge in [-0.25, -0.2) is 15.0 Å². The molecule has 0 fully saturated rings. The second-order valence-electron chi connectivity index (χ2n) is 6.66. The number of pyridine rings is 1. The Hall–Kier alpha value is -3.29. The molecule has 1 aliphatic heterocycles. The SMILES string of the molecule is Cc1ccc(-c2ccnc(N3CCc4nc(C(N)=O)cn4CC3)n2)c(C)n1. The van der Waals surface area contributed by atoms with E-state index in [-0.39, 0.29) is 0 Å². The highest BCUT2D eigenvalue weighted by molar-refractivity contribution is 5.90. The summed E-state index contributed by atoms with van der Waals surface area (Å²) in [5.41, 5.74) is 9.46. The first-order valence-corrected chi connectivity index (χ1v) is 8.90. The highest BCUT2D eigenvalue weighted by Crippen LogP contribution is 2.22. The summed E-state index contributed by atoms with van der Waals surface area (Å²) in [6.07, 6.45) is 4.21. The molecule has 0 bridgehead atoms. The van der Waals surface area contributed by atoms with Crippen molar-refractivity contribution < 1.29 is 4.79 Å². The van der Waals surface area contributed by atoms with Crippen LogP contribution in [0.5, 0.6) is 0 Å². The molecular formula is C19H21N7O. The zero-order valence-electron chi connectivity index (χ0n) is 15.4. The number of primary amides is 1. The maximum atomic E-state index is 11.3. The molecule has 2 N–H and O–H groups in total. The summed E-state index contributed by atoms with van der Waals surface area (Å²) < 4.78 is 1.98. The number of aryl methyl sites for hydroxylation is 2. The van der Waals surface area contributed by atoms with Crippen LogP contribution in [0.15, 0.2) is 30.6 Å². The average Bonchev–Trinajstić information content (AvgIpc) is 2.95. The third-order valence-corrected chi connectivity index (χ3v) is 4.75. The Morgan fingerprint density at radius 2 is 1.93 bits per heavy atom. The Morgan fingerprint density at radius 1 is 1.07 bits per heavy atom. The fraction of sp³-hybridized carbons (Fsp3) is 0.316. The van der Waals surface area contributed by atoms with Gasteiger partial charge in [0.15, 0.2) is 0 Å². The zero-order chi connectivity index (χ0) is 19.0. The number of nitrogens with two attached hydrogens (primary N) is 1. The van der Waals surface area contributed by atoms with Crippen LogP contribution in [0.1, 0.15) is 27.7 Å². The van der Waals surface area contributed by atoms with Crippen LogP contribution in [0.2, 0.25) is 0 Å². The molecule has 0 saturated carbocycles. The maximum Gasteiger partial charge on any atom is 0.268 e. The third kappa shape index (κ3) is 3.38. The summed E-state index contributed by atoms with van der Waals surface area (Å²) in [5.74, 6) is 1.06. The van der Waals surface area contributed by atoms with Gasteiger partial charge >= 0.3 is 0 Å². The van der Waals surface area contributed by atoms with Gasteiger partial charge in [0, 0.05) is 55.4 Å². The number of carbonyl (C=O) groups is 1. The lowest BCUT2D eigenvalue weighted by molar-refractivity contribution is 0.0996. The van der Waals surface area contributed by atoms with Crippen molar-refractivity contribution in [2.45, 2.75) is 26.8 Å². The van der Waals surface area contributed by atoms with Crippen molar-refractivity contribution in [3.63, 3.8) is 0 Å². The molecular weight excluding hydrogens is 342 g/mol. The van der Waals surface area contributed by atoms with Crippen LogP contribution in [-0.4, -0.2) is 43.5 Å². The molecule has 0 spiro atoms. The first-order valence-electron chi connectivity index (χ1n) is 8.90. The lowest BCUT2D eigenvalue weighted by atomic mass is 10.1. The molecule has 8 heteroatoms. The number of rotatable bonds is 3. The van der Waals surface area contributed by atoms with Gasteiger partial charge in [-0.2, -0.15) is 0 Å². The molecule has 0 saturated heterocycles. The maximum absolute atomic E-state index is 11.3. The third-order valence-electron chi connectivity index (χ3n) is 4.75. The summed E-state index contributed by atoms with van der Waals surface area (Å²) in [5, 5.41) is 0.